The summed E-state index contributed by atoms with van der Waals surface area (Å²) < 4.78 is 0. The Morgan fingerprint density at radius 2 is 1.83 bits per heavy atom. The van der Waals surface area contributed by atoms with Crippen molar-refractivity contribution in [1.29, 1.82) is 0 Å². The number of rotatable bonds is 7. The van der Waals surface area contributed by atoms with Crippen molar-refractivity contribution >= 4 is 28.6 Å². The molecule has 1 heterocycles. The summed E-state index contributed by atoms with van der Waals surface area (Å²) in [5.74, 6) is -0.273. The zero-order valence-electron chi connectivity index (χ0n) is 16.6. The van der Waals surface area contributed by atoms with Crippen molar-refractivity contribution in [3.8, 4) is 0 Å². The molecule has 3 N–H and O–H groups in total. The Kier molecular flexibility index (Phi) is 6.41. The number of carbonyl (C=O) groups excluding carboxylic acids is 1. The fourth-order valence-electron chi connectivity index (χ4n) is 3.14. The van der Waals surface area contributed by atoms with E-state index in [-0.39, 0.29) is 29.9 Å². The summed E-state index contributed by atoms with van der Waals surface area (Å²) in [5.41, 5.74) is 4.15. The Bertz CT molecular complexity index is 1010. The second-order valence-electron chi connectivity index (χ2n) is 7.10. The highest BCUT2D eigenvalue weighted by Crippen LogP contribution is 2.28. The van der Waals surface area contributed by atoms with Crippen molar-refractivity contribution in [2.75, 3.05) is 11.9 Å². The van der Waals surface area contributed by atoms with E-state index in [9.17, 15) is 14.9 Å². The van der Waals surface area contributed by atoms with Crippen LogP contribution < -0.4 is 10.6 Å². The summed E-state index contributed by atoms with van der Waals surface area (Å²) in [4.78, 5) is 24.6. The van der Waals surface area contributed by atoms with Crippen LogP contribution >= 0.6 is 11.3 Å². The maximum Gasteiger partial charge on any atom is 0.293 e. The fourth-order valence-corrected chi connectivity index (χ4v) is 3.99. The summed E-state index contributed by atoms with van der Waals surface area (Å²) in [6, 6.07) is 15.5. The van der Waals surface area contributed by atoms with Gasteiger partial charge >= 0.3 is 0 Å². The number of nitro benzene ring substituents is 1. The van der Waals surface area contributed by atoms with Gasteiger partial charge < -0.3 is 10.6 Å². The minimum absolute atomic E-state index is 0.00362. The summed E-state index contributed by atoms with van der Waals surface area (Å²) in [6.07, 6.45) is 0. The first-order chi connectivity index (χ1) is 13.8. The number of carbonyl (C=O) groups is 1. The monoisotopic (exact) mass is 410 g/mol. The smallest absolute Gasteiger partial charge is 0.293 e. The third-order valence-electron chi connectivity index (χ3n) is 4.91. The molecule has 0 aliphatic rings. The van der Waals surface area contributed by atoms with Gasteiger partial charge in [-0.25, -0.2) is 0 Å². The van der Waals surface area contributed by atoms with E-state index < -0.39 is 4.92 Å². The molecular weight excluding hydrogens is 386 g/mol. The minimum Gasteiger partial charge on any atom is -0.328 e. The third-order valence-corrected chi connectivity index (χ3v) is 5.86. The van der Waals surface area contributed by atoms with Crippen LogP contribution in [0.1, 0.15) is 33.2 Å². The number of nitrogens with zero attached hydrogens (tertiary/aromatic N) is 1. The van der Waals surface area contributed by atoms with E-state index in [4.69, 9.17) is 0 Å². The average Bonchev–Trinajstić information content (AvgIpc) is 3.20. The van der Waals surface area contributed by atoms with Gasteiger partial charge in [0, 0.05) is 11.6 Å². The van der Waals surface area contributed by atoms with E-state index in [1.807, 2.05) is 37.5 Å². The Morgan fingerprint density at radius 3 is 2.45 bits per heavy atom. The van der Waals surface area contributed by atoms with E-state index in [0.717, 1.165) is 21.6 Å². The number of benzene rings is 2. The number of thiophene rings is 1. The molecule has 0 fully saturated rings. The molecule has 3 aromatic rings. The molecule has 1 atom stereocenters. The van der Waals surface area contributed by atoms with Crippen molar-refractivity contribution in [3.63, 3.8) is 0 Å². The number of anilines is 1. The van der Waals surface area contributed by atoms with Gasteiger partial charge in [0.1, 0.15) is 11.7 Å². The fraction of sp³-hybridized carbons (Fsp3) is 0.227. The first kappa shape index (κ1) is 20.7. The van der Waals surface area contributed by atoms with Gasteiger partial charge in [0.15, 0.2) is 6.54 Å². The molecule has 0 radical (unpaired) electrons. The average molecular weight is 411 g/mol. The molecular formula is C22H24N3O3S+. The van der Waals surface area contributed by atoms with Gasteiger partial charge in [-0.1, -0.05) is 35.9 Å². The molecule has 3 rings (SSSR count). The number of nitro groups is 1. The molecule has 6 nitrogen and oxygen atoms in total. The number of hydrogen-bond donors (Lipinski definition) is 2. The number of nitrogens with two attached hydrogens (primary N) is 1. The van der Waals surface area contributed by atoms with Crippen molar-refractivity contribution in [2.45, 2.75) is 26.8 Å². The molecule has 1 aromatic heterocycles. The first-order valence-electron chi connectivity index (χ1n) is 9.34. The number of amides is 1. The first-order valence-corrected chi connectivity index (χ1v) is 10.2. The van der Waals surface area contributed by atoms with Gasteiger partial charge in [-0.15, -0.1) is 11.3 Å². The van der Waals surface area contributed by atoms with Crippen molar-refractivity contribution in [1.82, 2.24) is 0 Å². The van der Waals surface area contributed by atoms with Crippen molar-refractivity contribution < 1.29 is 15.0 Å². The Hall–Kier alpha value is -3.03. The second-order valence-corrected chi connectivity index (χ2v) is 8.08. The maximum atomic E-state index is 12.6. The summed E-state index contributed by atoms with van der Waals surface area (Å²) in [5, 5.41) is 18.0. The maximum absolute atomic E-state index is 12.6. The van der Waals surface area contributed by atoms with Crippen LogP contribution in [0.3, 0.4) is 0 Å². The van der Waals surface area contributed by atoms with Gasteiger partial charge in [0.2, 0.25) is 0 Å². The number of aryl methyl sites for hydroxylation is 3. The Labute approximate surface area is 173 Å². The molecule has 0 aliphatic carbocycles. The highest BCUT2D eigenvalue weighted by Gasteiger charge is 2.22. The molecule has 0 spiro atoms. The lowest BCUT2D eigenvalue weighted by molar-refractivity contribution is -0.675. The predicted octanol–water partition coefficient (Wildman–Crippen LogP) is 3.87. The van der Waals surface area contributed by atoms with Crippen LogP contribution in [-0.2, 0) is 4.79 Å². The van der Waals surface area contributed by atoms with E-state index >= 15 is 0 Å². The van der Waals surface area contributed by atoms with Gasteiger partial charge in [-0.2, -0.15) is 0 Å². The molecule has 0 aliphatic heterocycles. The largest absolute Gasteiger partial charge is 0.328 e. The van der Waals surface area contributed by atoms with Gasteiger partial charge in [-0.05, 0) is 49.4 Å². The Balaban J connectivity index is 1.75. The van der Waals surface area contributed by atoms with Crippen LogP contribution in [0.5, 0.6) is 0 Å². The molecule has 0 unspecified atom stereocenters. The van der Waals surface area contributed by atoms with E-state index in [1.165, 1.54) is 11.6 Å². The minimum atomic E-state index is -0.466. The summed E-state index contributed by atoms with van der Waals surface area (Å²) in [7, 11) is 0. The van der Waals surface area contributed by atoms with Crippen LogP contribution in [-0.4, -0.2) is 17.4 Å². The predicted molar refractivity (Wildman–Crippen MR) is 115 cm³/mol. The lowest BCUT2D eigenvalue weighted by atomic mass is 10.0. The summed E-state index contributed by atoms with van der Waals surface area (Å²) in [6.45, 7) is 5.87. The van der Waals surface area contributed by atoms with Crippen LogP contribution in [0.15, 0.2) is 53.9 Å². The highest BCUT2D eigenvalue weighted by molar-refractivity contribution is 7.10. The van der Waals surface area contributed by atoms with Crippen LogP contribution in [0.4, 0.5) is 11.4 Å². The highest BCUT2D eigenvalue weighted by atomic mass is 32.1. The van der Waals surface area contributed by atoms with Gasteiger partial charge in [-0.3, -0.25) is 14.9 Å². The topological polar surface area (TPSA) is 88.8 Å². The molecule has 2 aromatic carbocycles. The molecule has 0 saturated heterocycles. The summed E-state index contributed by atoms with van der Waals surface area (Å²) >= 11 is 1.64. The molecule has 0 saturated carbocycles. The zero-order chi connectivity index (χ0) is 21.0. The quantitative estimate of drug-likeness (QED) is 0.458. The van der Waals surface area contributed by atoms with Crippen LogP contribution in [0, 0.1) is 30.9 Å². The Morgan fingerprint density at radius 1 is 1.14 bits per heavy atom. The SMILES string of the molecule is Cc1ccc([C@@H]([NH2+]CC(=O)Nc2cc(C)c(C)cc2[N+](=O)[O-])c2cccs2)cc1. The second kappa shape index (κ2) is 8.98. The van der Waals surface area contributed by atoms with Crippen molar-refractivity contribution in [2.24, 2.45) is 0 Å². The molecule has 1 amide bonds. The molecule has 0 bridgehead atoms. The standard InChI is InChI=1S/C22H23N3O3S/c1-14-6-8-17(9-7-14)22(20-5-4-10-29-20)23-13-21(26)24-18-11-15(2)16(3)12-19(18)25(27)28/h4-12,22-23H,13H2,1-3H3,(H,24,26)/p+1/t22-/m1/s1. The van der Waals surface area contributed by atoms with E-state index in [0.29, 0.717) is 0 Å². The molecule has 7 heteroatoms. The molecule has 29 heavy (non-hydrogen) atoms. The molecule has 150 valence electrons. The van der Waals surface area contributed by atoms with E-state index in [2.05, 4.69) is 35.6 Å². The number of hydrogen-bond acceptors (Lipinski definition) is 4. The van der Waals surface area contributed by atoms with Crippen molar-refractivity contribution in [3.05, 3.63) is 91.2 Å². The van der Waals surface area contributed by atoms with Gasteiger partial charge in [0.25, 0.3) is 11.6 Å². The van der Waals surface area contributed by atoms with Crippen LogP contribution in [0.2, 0.25) is 0 Å². The lowest BCUT2D eigenvalue weighted by Gasteiger charge is -2.15. The van der Waals surface area contributed by atoms with E-state index in [1.54, 1.807) is 17.4 Å². The lowest BCUT2D eigenvalue weighted by Crippen LogP contribution is -2.87. The zero-order valence-corrected chi connectivity index (χ0v) is 17.5. The number of nitrogens with one attached hydrogen (secondary N) is 1. The van der Waals surface area contributed by atoms with Gasteiger partial charge in [0.05, 0.1) is 9.80 Å². The normalized spacial score (nSPS) is 11.8. The van der Waals surface area contributed by atoms with Crippen LogP contribution in [0.25, 0.3) is 0 Å². The third kappa shape index (κ3) is 5.07. The number of quaternary nitrogens is 1.